The summed E-state index contributed by atoms with van der Waals surface area (Å²) in [5.41, 5.74) is 2.04. The second-order valence-corrected chi connectivity index (χ2v) is 4.85. The van der Waals surface area contributed by atoms with Crippen molar-refractivity contribution in [3.8, 4) is 0 Å². The van der Waals surface area contributed by atoms with E-state index in [2.05, 4.69) is 4.99 Å². The van der Waals surface area contributed by atoms with Gasteiger partial charge in [-0.1, -0.05) is 37.3 Å². The fraction of sp³-hybridized carbons (Fsp3) is 0.353. The topological polar surface area (TPSA) is 55.7 Å². The zero-order chi connectivity index (χ0) is 15.4. The maximum Gasteiger partial charge on any atom is 0.344 e. The van der Waals surface area contributed by atoms with Crippen LogP contribution in [-0.4, -0.2) is 24.1 Å². The largest absolute Gasteiger partial charge is 0.462 e. The van der Waals surface area contributed by atoms with Gasteiger partial charge in [-0.25, -0.2) is 4.79 Å². The van der Waals surface area contributed by atoms with Crippen molar-refractivity contribution in [1.29, 1.82) is 0 Å². The van der Waals surface area contributed by atoms with Gasteiger partial charge < -0.3 is 4.74 Å². The molecule has 0 saturated carbocycles. The molecule has 2 rings (SSSR count). The van der Waals surface area contributed by atoms with Crippen LogP contribution in [0.4, 0.5) is 0 Å². The highest BCUT2D eigenvalue weighted by Crippen LogP contribution is 2.30. The molecule has 0 aromatic heterocycles. The standard InChI is InChI=1S/C17H19NO3/c1-4-13-11(3)16(19)14(17(20)21-5-2)15(18-13)12-9-7-6-8-10-12/h6-11H,4-5H2,1-3H3. The van der Waals surface area contributed by atoms with Gasteiger partial charge in [0.1, 0.15) is 5.57 Å². The van der Waals surface area contributed by atoms with Crippen LogP contribution < -0.4 is 0 Å². The van der Waals surface area contributed by atoms with E-state index in [-0.39, 0.29) is 23.9 Å². The Labute approximate surface area is 124 Å². The van der Waals surface area contributed by atoms with Gasteiger partial charge >= 0.3 is 5.97 Å². The molecule has 0 radical (unpaired) electrons. The summed E-state index contributed by atoms with van der Waals surface area (Å²) in [6.07, 6.45) is 0.680. The first-order valence-corrected chi connectivity index (χ1v) is 7.18. The van der Waals surface area contributed by atoms with Crippen LogP contribution >= 0.6 is 0 Å². The van der Waals surface area contributed by atoms with Crippen LogP contribution in [0.3, 0.4) is 0 Å². The van der Waals surface area contributed by atoms with E-state index in [4.69, 9.17) is 4.74 Å². The Bertz CT molecular complexity index is 614. The van der Waals surface area contributed by atoms with E-state index in [1.54, 1.807) is 13.8 Å². The third-order valence-corrected chi connectivity index (χ3v) is 3.52. The molecule has 0 saturated heterocycles. The lowest BCUT2D eigenvalue weighted by Crippen LogP contribution is -2.31. The number of rotatable bonds is 4. The molecule has 1 atom stereocenters. The summed E-state index contributed by atoms with van der Waals surface area (Å²) in [4.78, 5) is 29.3. The summed E-state index contributed by atoms with van der Waals surface area (Å²) in [7, 11) is 0. The highest BCUT2D eigenvalue weighted by molar-refractivity contribution is 6.30. The number of ether oxygens (including phenoxy) is 1. The number of Topliss-reactive ketones (excluding diaryl/α,β-unsaturated/α-hetero) is 1. The SMILES string of the molecule is CCOC(=O)C1=C(c2ccccc2)N=C(CC)C(C)C1=O. The smallest absolute Gasteiger partial charge is 0.344 e. The summed E-state index contributed by atoms with van der Waals surface area (Å²) in [5, 5.41) is 0. The van der Waals surface area contributed by atoms with E-state index >= 15 is 0 Å². The molecule has 21 heavy (non-hydrogen) atoms. The van der Waals surface area contributed by atoms with Crippen molar-refractivity contribution in [2.24, 2.45) is 10.9 Å². The minimum atomic E-state index is -0.591. The van der Waals surface area contributed by atoms with Gasteiger partial charge in [0.15, 0.2) is 5.78 Å². The molecule has 110 valence electrons. The Morgan fingerprint density at radius 1 is 1.24 bits per heavy atom. The zero-order valence-corrected chi connectivity index (χ0v) is 12.6. The second-order valence-electron chi connectivity index (χ2n) is 4.85. The van der Waals surface area contributed by atoms with E-state index in [0.717, 1.165) is 11.3 Å². The number of carbonyl (C=O) groups is 2. The Morgan fingerprint density at radius 2 is 1.90 bits per heavy atom. The average Bonchev–Trinajstić information content (AvgIpc) is 2.50. The molecular formula is C17H19NO3. The predicted molar refractivity (Wildman–Crippen MR) is 81.9 cm³/mol. The molecule has 1 aliphatic rings. The lowest BCUT2D eigenvalue weighted by molar-refractivity contribution is -0.140. The highest BCUT2D eigenvalue weighted by Gasteiger charge is 2.34. The Hall–Kier alpha value is -2.23. The fourth-order valence-electron chi connectivity index (χ4n) is 2.37. The van der Waals surface area contributed by atoms with Crippen LogP contribution in [0.2, 0.25) is 0 Å². The van der Waals surface area contributed by atoms with Crippen molar-refractivity contribution in [3.63, 3.8) is 0 Å². The Balaban J connectivity index is 2.62. The molecule has 1 unspecified atom stereocenters. The first-order chi connectivity index (χ1) is 10.1. The van der Waals surface area contributed by atoms with Crippen LogP contribution in [0.25, 0.3) is 5.70 Å². The highest BCUT2D eigenvalue weighted by atomic mass is 16.5. The number of hydrogen-bond acceptors (Lipinski definition) is 4. The molecule has 0 spiro atoms. The molecule has 4 nitrogen and oxygen atoms in total. The van der Waals surface area contributed by atoms with Crippen molar-refractivity contribution in [2.45, 2.75) is 27.2 Å². The van der Waals surface area contributed by atoms with Crippen LogP contribution in [0, 0.1) is 5.92 Å². The van der Waals surface area contributed by atoms with Gasteiger partial charge in [0, 0.05) is 11.3 Å². The number of hydrogen-bond donors (Lipinski definition) is 0. The molecule has 1 aromatic rings. The molecular weight excluding hydrogens is 266 g/mol. The number of aliphatic imine (C=N–C) groups is 1. The summed E-state index contributed by atoms with van der Waals surface area (Å²) in [5.74, 6) is -1.17. The Morgan fingerprint density at radius 3 is 2.48 bits per heavy atom. The lowest BCUT2D eigenvalue weighted by atomic mass is 9.87. The van der Waals surface area contributed by atoms with Crippen LogP contribution in [0.15, 0.2) is 40.9 Å². The van der Waals surface area contributed by atoms with Gasteiger partial charge in [0.2, 0.25) is 0 Å². The summed E-state index contributed by atoms with van der Waals surface area (Å²) < 4.78 is 5.03. The molecule has 0 N–H and O–H groups in total. The molecule has 4 heteroatoms. The molecule has 1 aromatic carbocycles. The van der Waals surface area contributed by atoms with E-state index in [1.165, 1.54) is 0 Å². The maximum atomic E-state index is 12.6. The molecule has 0 fully saturated rings. The minimum Gasteiger partial charge on any atom is -0.462 e. The van der Waals surface area contributed by atoms with Gasteiger partial charge in [-0.3, -0.25) is 9.79 Å². The predicted octanol–water partition coefficient (Wildman–Crippen LogP) is 3.03. The minimum absolute atomic E-state index is 0.0627. The lowest BCUT2D eigenvalue weighted by Gasteiger charge is -2.22. The van der Waals surface area contributed by atoms with Gasteiger partial charge in [-0.2, -0.15) is 0 Å². The van der Waals surface area contributed by atoms with Crippen molar-refractivity contribution in [1.82, 2.24) is 0 Å². The van der Waals surface area contributed by atoms with Gasteiger partial charge in [-0.05, 0) is 20.3 Å². The number of esters is 1. The molecule has 1 aliphatic heterocycles. The van der Waals surface area contributed by atoms with Crippen LogP contribution in [0.5, 0.6) is 0 Å². The van der Waals surface area contributed by atoms with E-state index in [9.17, 15) is 9.59 Å². The van der Waals surface area contributed by atoms with Crippen molar-refractivity contribution in [2.75, 3.05) is 6.61 Å². The van der Waals surface area contributed by atoms with Gasteiger partial charge in [0.25, 0.3) is 0 Å². The molecule has 0 amide bonds. The number of ketones is 1. The van der Waals surface area contributed by atoms with Gasteiger partial charge in [0.05, 0.1) is 18.2 Å². The molecule has 1 heterocycles. The molecule has 0 bridgehead atoms. The third-order valence-electron chi connectivity index (χ3n) is 3.52. The van der Waals surface area contributed by atoms with Crippen LogP contribution in [-0.2, 0) is 14.3 Å². The van der Waals surface area contributed by atoms with Crippen molar-refractivity contribution < 1.29 is 14.3 Å². The average molecular weight is 285 g/mol. The zero-order valence-electron chi connectivity index (χ0n) is 12.6. The maximum absolute atomic E-state index is 12.6. The third kappa shape index (κ3) is 2.94. The van der Waals surface area contributed by atoms with Gasteiger partial charge in [-0.15, -0.1) is 0 Å². The second kappa shape index (κ2) is 6.48. The monoisotopic (exact) mass is 285 g/mol. The summed E-state index contributed by atoms with van der Waals surface area (Å²) >= 11 is 0. The van der Waals surface area contributed by atoms with E-state index in [1.807, 2.05) is 37.3 Å². The van der Waals surface area contributed by atoms with Crippen LogP contribution in [0.1, 0.15) is 32.8 Å². The molecule has 0 aliphatic carbocycles. The number of nitrogens with zero attached hydrogens (tertiary/aromatic N) is 1. The van der Waals surface area contributed by atoms with Crippen molar-refractivity contribution in [3.05, 3.63) is 41.5 Å². The van der Waals surface area contributed by atoms with E-state index in [0.29, 0.717) is 12.1 Å². The number of carbonyl (C=O) groups excluding carboxylic acids is 2. The summed E-state index contributed by atoms with van der Waals surface area (Å²) in [6.45, 7) is 5.70. The van der Waals surface area contributed by atoms with E-state index < -0.39 is 5.97 Å². The fourth-order valence-corrected chi connectivity index (χ4v) is 2.37. The first-order valence-electron chi connectivity index (χ1n) is 7.18. The number of benzene rings is 1. The quantitative estimate of drug-likeness (QED) is 0.631. The normalized spacial score (nSPS) is 18.5. The Kier molecular flexibility index (Phi) is 4.68. The first kappa shape index (κ1) is 15.2. The summed E-state index contributed by atoms with van der Waals surface area (Å²) in [6, 6.07) is 9.28. The van der Waals surface area contributed by atoms with Crippen molar-refractivity contribution >= 4 is 23.2 Å².